The molecule has 15 heavy (non-hydrogen) atoms. The van der Waals surface area contributed by atoms with Crippen LogP contribution in [0.1, 0.15) is 5.56 Å². The molecule has 0 N–H and O–H groups in total. The lowest BCUT2D eigenvalue weighted by atomic mass is 10.1. The molecule has 0 aliphatic heterocycles. The molecule has 6 nitrogen and oxygen atoms in total. The molecule has 1 aromatic carbocycles. The van der Waals surface area contributed by atoms with Crippen LogP contribution in [-0.2, 0) is 7.05 Å². The van der Waals surface area contributed by atoms with Gasteiger partial charge in [0.2, 0.25) is 0 Å². The molecule has 1 heterocycles. The van der Waals surface area contributed by atoms with E-state index in [-0.39, 0.29) is 11.3 Å². The average molecular weight is 202 g/mol. The lowest BCUT2D eigenvalue weighted by Gasteiger charge is -1.96. The summed E-state index contributed by atoms with van der Waals surface area (Å²) in [6.07, 6.45) is 1.57. The van der Waals surface area contributed by atoms with Crippen molar-refractivity contribution in [1.82, 2.24) is 9.78 Å². The Bertz CT molecular complexity index is 594. The molecule has 2 rings (SSSR count). The summed E-state index contributed by atoms with van der Waals surface area (Å²) < 4.78 is 1.53. The summed E-state index contributed by atoms with van der Waals surface area (Å²) in [5.74, 6) is 0. The van der Waals surface area contributed by atoms with Crippen molar-refractivity contribution in [2.45, 2.75) is 0 Å². The zero-order valence-electron chi connectivity index (χ0n) is 7.84. The zero-order valence-corrected chi connectivity index (χ0v) is 7.84. The third-order valence-corrected chi connectivity index (χ3v) is 2.18. The van der Waals surface area contributed by atoms with E-state index < -0.39 is 4.92 Å². The summed E-state index contributed by atoms with van der Waals surface area (Å²) in [7, 11) is 1.69. The highest BCUT2D eigenvalue weighted by atomic mass is 16.6. The van der Waals surface area contributed by atoms with Crippen LogP contribution >= 0.6 is 0 Å². The summed E-state index contributed by atoms with van der Waals surface area (Å²) in [6.45, 7) is 0. The smallest absolute Gasteiger partial charge is 0.268 e. The molecule has 74 valence electrons. The Morgan fingerprint density at radius 1 is 1.60 bits per heavy atom. The first-order valence-corrected chi connectivity index (χ1v) is 4.13. The second-order valence-electron chi connectivity index (χ2n) is 3.07. The van der Waals surface area contributed by atoms with Gasteiger partial charge in [-0.3, -0.25) is 14.8 Å². The van der Waals surface area contributed by atoms with Crippen LogP contribution in [0.2, 0.25) is 0 Å². The van der Waals surface area contributed by atoms with E-state index in [0.717, 1.165) is 5.39 Å². The molecular formula is C9H6N4O2. The molecule has 0 saturated heterocycles. The monoisotopic (exact) mass is 202 g/mol. The lowest BCUT2D eigenvalue weighted by Crippen LogP contribution is -1.94. The molecule has 2 aromatic rings. The molecule has 0 aliphatic carbocycles. The minimum atomic E-state index is -0.564. The van der Waals surface area contributed by atoms with Crippen molar-refractivity contribution in [2.75, 3.05) is 0 Å². The SMILES string of the molecule is Cn1ncc2cc(C#N)c([N+](=O)[O-])cc21. The Hall–Kier alpha value is -2.42. The maximum absolute atomic E-state index is 10.7. The van der Waals surface area contributed by atoms with Crippen molar-refractivity contribution < 1.29 is 4.92 Å². The molecule has 0 atom stereocenters. The Morgan fingerprint density at radius 2 is 2.33 bits per heavy atom. The largest absolute Gasteiger partial charge is 0.289 e. The van der Waals surface area contributed by atoms with Gasteiger partial charge in [-0.2, -0.15) is 10.4 Å². The summed E-state index contributed by atoms with van der Waals surface area (Å²) in [4.78, 5) is 10.1. The van der Waals surface area contributed by atoms with E-state index >= 15 is 0 Å². The Labute approximate surface area is 84.5 Å². The number of rotatable bonds is 1. The van der Waals surface area contributed by atoms with Crippen LogP contribution in [0.3, 0.4) is 0 Å². The second kappa shape index (κ2) is 3.06. The van der Waals surface area contributed by atoms with Gasteiger partial charge in [-0.05, 0) is 6.07 Å². The Balaban J connectivity index is 2.84. The topological polar surface area (TPSA) is 84.8 Å². The third kappa shape index (κ3) is 1.30. The highest BCUT2D eigenvalue weighted by Gasteiger charge is 2.16. The predicted octanol–water partition coefficient (Wildman–Crippen LogP) is 1.35. The molecule has 6 heteroatoms. The zero-order chi connectivity index (χ0) is 11.0. The van der Waals surface area contributed by atoms with E-state index in [4.69, 9.17) is 5.26 Å². The fourth-order valence-corrected chi connectivity index (χ4v) is 1.43. The van der Waals surface area contributed by atoms with E-state index in [2.05, 4.69) is 5.10 Å². The molecular weight excluding hydrogens is 196 g/mol. The van der Waals surface area contributed by atoms with Crippen molar-refractivity contribution in [2.24, 2.45) is 7.05 Å². The van der Waals surface area contributed by atoms with Crippen LogP contribution in [0.25, 0.3) is 10.9 Å². The van der Waals surface area contributed by atoms with E-state index in [9.17, 15) is 10.1 Å². The van der Waals surface area contributed by atoms with Gasteiger partial charge < -0.3 is 0 Å². The number of nitriles is 1. The number of nitrogens with zero attached hydrogens (tertiary/aromatic N) is 4. The van der Waals surface area contributed by atoms with Crippen LogP contribution in [0.4, 0.5) is 5.69 Å². The minimum absolute atomic E-state index is 0.0560. The first-order chi connectivity index (χ1) is 7.13. The maximum atomic E-state index is 10.7. The van der Waals surface area contributed by atoms with Crippen LogP contribution in [-0.4, -0.2) is 14.7 Å². The first-order valence-electron chi connectivity index (χ1n) is 4.13. The molecule has 0 radical (unpaired) electrons. The summed E-state index contributed by atoms with van der Waals surface area (Å²) in [6, 6.07) is 4.63. The number of fused-ring (bicyclic) bond motifs is 1. The van der Waals surface area contributed by atoms with E-state index in [1.165, 1.54) is 16.8 Å². The Morgan fingerprint density at radius 3 is 2.93 bits per heavy atom. The highest BCUT2D eigenvalue weighted by Crippen LogP contribution is 2.24. The van der Waals surface area contributed by atoms with Crippen LogP contribution < -0.4 is 0 Å². The van der Waals surface area contributed by atoms with Crippen LogP contribution in [0.15, 0.2) is 18.3 Å². The second-order valence-corrected chi connectivity index (χ2v) is 3.07. The molecule has 0 spiro atoms. The number of hydrogen-bond acceptors (Lipinski definition) is 4. The number of aromatic nitrogens is 2. The van der Waals surface area contributed by atoms with Gasteiger partial charge in [0.25, 0.3) is 5.69 Å². The van der Waals surface area contributed by atoms with Gasteiger partial charge in [0, 0.05) is 18.5 Å². The van der Waals surface area contributed by atoms with Crippen molar-refractivity contribution in [3.05, 3.63) is 34.0 Å². The van der Waals surface area contributed by atoms with Crippen molar-refractivity contribution >= 4 is 16.6 Å². The summed E-state index contributed by atoms with van der Waals surface area (Å²) in [5.41, 5.74) is 0.509. The van der Waals surface area contributed by atoms with Gasteiger partial charge in [-0.1, -0.05) is 0 Å². The van der Waals surface area contributed by atoms with Gasteiger partial charge in [0.05, 0.1) is 16.6 Å². The summed E-state index contributed by atoms with van der Waals surface area (Å²) in [5, 5.41) is 24.1. The summed E-state index contributed by atoms with van der Waals surface area (Å²) >= 11 is 0. The standard InChI is InChI=1S/C9H6N4O2/c1-12-8-3-9(13(14)15)6(4-10)2-7(8)5-11-12/h2-3,5H,1H3. The van der Waals surface area contributed by atoms with Gasteiger partial charge >= 0.3 is 0 Å². The van der Waals surface area contributed by atoms with Gasteiger partial charge in [0.15, 0.2) is 0 Å². The van der Waals surface area contributed by atoms with Gasteiger partial charge in [-0.15, -0.1) is 0 Å². The average Bonchev–Trinajstić information content (AvgIpc) is 2.58. The fraction of sp³-hybridized carbons (Fsp3) is 0.111. The predicted molar refractivity (Wildman–Crippen MR) is 52.1 cm³/mol. The van der Waals surface area contributed by atoms with E-state index in [0.29, 0.717) is 5.52 Å². The highest BCUT2D eigenvalue weighted by molar-refractivity contribution is 5.83. The number of aryl methyl sites for hydroxylation is 1. The maximum Gasteiger partial charge on any atom is 0.289 e. The number of hydrogen-bond donors (Lipinski definition) is 0. The molecule has 0 unspecified atom stereocenters. The first kappa shape index (κ1) is 9.15. The minimum Gasteiger partial charge on any atom is -0.268 e. The number of nitro benzene ring substituents is 1. The van der Waals surface area contributed by atoms with E-state index in [1.807, 2.05) is 0 Å². The normalized spacial score (nSPS) is 10.1. The van der Waals surface area contributed by atoms with Crippen molar-refractivity contribution in [3.63, 3.8) is 0 Å². The number of benzene rings is 1. The van der Waals surface area contributed by atoms with E-state index in [1.54, 1.807) is 19.3 Å². The Kier molecular flexibility index (Phi) is 1.87. The van der Waals surface area contributed by atoms with Crippen molar-refractivity contribution in [1.29, 1.82) is 5.26 Å². The quantitative estimate of drug-likeness (QED) is 0.516. The molecule has 0 fully saturated rings. The molecule has 1 aromatic heterocycles. The number of nitro groups is 1. The van der Waals surface area contributed by atoms with Gasteiger partial charge in [-0.25, -0.2) is 0 Å². The van der Waals surface area contributed by atoms with Crippen LogP contribution in [0.5, 0.6) is 0 Å². The van der Waals surface area contributed by atoms with Crippen molar-refractivity contribution in [3.8, 4) is 6.07 Å². The van der Waals surface area contributed by atoms with Crippen LogP contribution in [0, 0.1) is 21.4 Å². The van der Waals surface area contributed by atoms with Gasteiger partial charge in [0.1, 0.15) is 11.6 Å². The molecule has 0 saturated carbocycles. The fourth-order valence-electron chi connectivity index (χ4n) is 1.43. The lowest BCUT2D eigenvalue weighted by molar-refractivity contribution is -0.385. The molecule has 0 aliphatic rings. The molecule has 0 amide bonds. The third-order valence-electron chi connectivity index (χ3n) is 2.18. The molecule has 0 bridgehead atoms.